The van der Waals surface area contributed by atoms with Gasteiger partial charge >= 0.3 is 0 Å². The second kappa shape index (κ2) is 6.62. The van der Waals surface area contributed by atoms with Crippen molar-refractivity contribution in [3.8, 4) is 0 Å². The molecule has 0 aromatic carbocycles. The number of likely N-dealkylation sites (tertiary alicyclic amines) is 1. The fourth-order valence-corrected chi connectivity index (χ4v) is 3.49. The summed E-state index contributed by atoms with van der Waals surface area (Å²) in [5, 5.41) is 4.33. The van der Waals surface area contributed by atoms with E-state index in [0.29, 0.717) is 11.6 Å². The summed E-state index contributed by atoms with van der Waals surface area (Å²) in [7, 11) is 0. The Balaban J connectivity index is 1.46. The van der Waals surface area contributed by atoms with Gasteiger partial charge in [-0.25, -0.2) is 14.5 Å². The molecule has 1 fully saturated rings. The van der Waals surface area contributed by atoms with Crippen molar-refractivity contribution in [1.82, 2.24) is 34.0 Å². The molecule has 1 unspecified atom stereocenters. The number of hydrogen-bond donors (Lipinski definition) is 0. The Labute approximate surface area is 145 Å². The van der Waals surface area contributed by atoms with Crippen LogP contribution in [-0.2, 0) is 24.2 Å². The molecular weight excluding hydrogens is 318 g/mol. The van der Waals surface area contributed by atoms with Crippen LogP contribution in [0.3, 0.4) is 0 Å². The van der Waals surface area contributed by atoms with Gasteiger partial charge in [0.2, 0.25) is 5.91 Å². The minimum Gasteiger partial charge on any atom is -0.338 e. The summed E-state index contributed by atoms with van der Waals surface area (Å²) in [6, 6.07) is 2.00. The summed E-state index contributed by atoms with van der Waals surface area (Å²) in [5.74, 6) is 2.18. The van der Waals surface area contributed by atoms with Crippen molar-refractivity contribution in [2.75, 3.05) is 6.54 Å². The molecule has 0 radical (unpaired) electrons. The van der Waals surface area contributed by atoms with Crippen LogP contribution < -0.4 is 0 Å². The molecule has 1 aliphatic rings. The van der Waals surface area contributed by atoms with Gasteiger partial charge in [-0.05, 0) is 18.9 Å². The van der Waals surface area contributed by atoms with E-state index in [0.717, 1.165) is 38.2 Å². The number of imidazole rings is 1. The number of carbonyl (C=O) groups is 1. The Morgan fingerprint density at radius 2 is 2.20 bits per heavy atom. The Bertz CT molecular complexity index is 851. The molecule has 4 rings (SSSR count). The van der Waals surface area contributed by atoms with E-state index in [4.69, 9.17) is 0 Å². The van der Waals surface area contributed by atoms with Crippen molar-refractivity contribution in [3.63, 3.8) is 0 Å². The molecule has 1 atom stereocenters. The van der Waals surface area contributed by atoms with E-state index >= 15 is 0 Å². The lowest BCUT2D eigenvalue weighted by molar-refractivity contribution is -0.131. The van der Waals surface area contributed by atoms with Crippen molar-refractivity contribution in [2.24, 2.45) is 0 Å². The van der Waals surface area contributed by atoms with E-state index in [-0.39, 0.29) is 18.4 Å². The third-order valence-corrected chi connectivity index (χ3v) is 4.69. The zero-order chi connectivity index (χ0) is 17.2. The van der Waals surface area contributed by atoms with Crippen molar-refractivity contribution < 1.29 is 4.79 Å². The van der Waals surface area contributed by atoms with E-state index in [2.05, 4.69) is 31.5 Å². The van der Waals surface area contributed by atoms with Crippen LogP contribution in [0.15, 0.2) is 30.9 Å². The molecular formula is C17H21N7O. The molecule has 0 bridgehead atoms. The van der Waals surface area contributed by atoms with E-state index in [1.54, 1.807) is 23.0 Å². The molecule has 0 spiro atoms. The highest BCUT2D eigenvalue weighted by molar-refractivity contribution is 5.78. The number of aromatic nitrogens is 6. The Morgan fingerprint density at radius 1 is 1.28 bits per heavy atom. The smallest absolute Gasteiger partial charge is 0.252 e. The third kappa shape index (κ3) is 3.11. The summed E-state index contributed by atoms with van der Waals surface area (Å²) in [4.78, 5) is 27.6. The van der Waals surface area contributed by atoms with Crippen LogP contribution in [0, 0.1) is 0 Å². The minimum absolute atomic E-state index is 0.0802. The van der Waals surface area contributed by atoms with Gasteiger partial charge in [0.25, 0.3) is 5.78 Å². The number of hydrogen-bond acceptors (Lipinski definition) is 5. The van der Waals surface area contributed by atoms with Gasteiger partial charge in [0.15, 0.2) is 5.82 Å². The molecule has 3 aromatic rings. The zero-order valence-corrected chi connectivity index (χ0v) is 14.2. The molecule has 0 N–H and O–H groups in total. The number of fused-ring (bicyclic) bond motifs is 1. The van der Waals surface area contributed by atoms with Gasteiger partial charge in [-0.15, -0.1) is 5.10 Å². The van der Waals surface area contributed by atoms with Crippen molar-refractivity contribution in [3.05, 3.63) is 42.5 Å². The Hall–Kier alpha value is -2.77. The zero-order valence-electron chi connectivity index (χ0n) is 14.2. The molecule has 8 nitrogen and oxygen atoms in total. The van der Waals surface area contributed by atoms with Crippen LogP contribution >= 0.6 is 0 Å². The number of carbonyl (C=O) groups excluding carboxylic acids is 1. The summed E-state index contributed by atoms with van der Waals surface area (Å²) in [6.07, 6.45) is 10.4. The fraction of sp³-hybridized carbons (Fsp3) is 0.471. The predicted molar refractivity (Wildman–Crippen MR) is 90.8 cm³/mol. The first-order valence-corrected chi connectivity index (χ1v) is 8.70. The summed E-state index contributed by atoms with van der Waals surface area (Å²) < 4.78 is 3.76. The highest BCUT2D eigenvalue weighted by Crippen LogP contribution is 2.20. The molecule has 25 heavy (non-hydrogen) atoms. The van der Waals surface area contributed by atoms with Crippen LogP contribution in [0.4, 0.5) is 0 Å². The van der Waals surface area contributed by atoms with Crippen LogP contribution in [0.2, 0.25) is 0 Å². The lowest BCUT2D eigenvalue weighted by Gasteiger charge is -2.25. The number of rotatable bonds is 5. The maximum atomic E-state index is 12.8. The predicted octanol–water partition coefficient (Wildman–Crippen LogP) is 1.12. The number of aryl methyl sites for hydroxylation is 1. The van der Waals surface area contributed by atoms with Crippen molar-refractivity contribution in [2.45, 2.75) is 45.2 Å². The standard InChI is InChI=1S/C17H21N7O/c1-2-15-18-7-10-22(15)12-13-5-3-8-23(13)16(25)11-14-20-17-19-6-4-9-24(17)21-14/h4,6-7,9-10,13H,2-3,5,8,11-12H2,1H3. The molecule has 0 aliphatic carbocycles. The van der Waals surface area contributed by atoms with Crippen LogP contribution in [-0.4, -0.2) is 52.5 Å². The second-order valence-corrected chi connectivity index (χ2v) is 6.30. The highest BCUT2D eigenvalue weighted by atomic mass is 16.2. The van der Waals surface area contributed by atoms with Gasteiger partial charge in [-0.1, -0.05) is 6.92 Å². The molecule has 1 saturated heterocycles. The Kier molecular flexibility index (Phi) is 4.17. The van der Waals surface area contributed by atoms with E-state index in [9.17, 15) is 4.79 Å². The lowest BCUT2D eigenvalue weighted by atomic mass is 10.2. The first-order valence-electron chi connectivity index (χ1n) is 8.70. The first-order chi connectivity index (χ1) is 12.2. The van der Waals surface area contributed by atoms with Gasteiger partial charge in [0.05, 0.1) is 6.42 Å². The third-order valence-electron chi connectivity index (χ3n) is 4.69. The topological polar surface area (TPSA) is 81.2 Å². The largest absolute Gasteiger partial charge is 0.338 e. The quantitative estimate of drug-likeness (QED) is 0.696. The molecule has 130 valence electrons. The summed E-state index contributed by atoms with van der Waals surface area (Å²) in [6.45, 7) is 3.69. The molecule has 1 amide bonds. The average Bonchev–Trinajstić information content (AvgIpc) is 3.33. The second-order valence-electron chi connectivity index (χ2n) is 6.30. The number of nitrogens with zero attached hydrogens (tertiary/aromatic N) is 7. The van der Waals surface area contributed by atoms with Crippen LogP contribution in [0.25, 0.3) is 5.78 Å². The van der Waals surface area contributed by atoms with Gasteiger partial charge in [0, 0.05) is 50.3 Å². The SMILES string of the molecule is CCc1nccn1CC1CCCN1C(=O)Cc1nc2ncccn2n1. The maximum Gasteiger partial charge on any atom is 0.252 e. The molecule has 1 aliphatic heterocycles. The Morgan fingerprint density at radius 3 is 3.04 bits per heavy atom. The first kappa shape index (κ1) is 15.7. The molecule has 3 aromatic heterocycles. The molecule has 8 heteroatoms. The van der Waals surface area contributed by atoms with Gasteiger partial charge in [-0.3, -0.25) is 4.79 Å². The van der Waals surface area contributed by atoms with Crippen molar-refractivity contribution in [1.29, 1.82) is 0 Å². The molecule has 0 saturated carbocycles. The lowest BCUT2D eigenvalue weighted by Crippen LogP contribution is -2.39. The van der Waals surface area contributed by atoms with E-state index < -0.39 is 0 Å². The van der Waals surface area contributed by atoms with E-state index in [1.807, 2.05) is 17.3 Å². The maximum absolute atomic E-state index is 12.8. The van der Waals surface area contributed by atoms with Gasteiger partial charge in [-0.2, -0.15) is 4.98 Å². The fourth-order valence-electron chi connectivity index (χ4n) is 3.49. The number of amides is 1. The van der Waals surface area contributed by atoms with Gasteiger partial charge in [0.1, 0.15) is 5.82 Å². The highest BCUT2D eigenvalue weighted by Gasteiger charge is 2.30. The van der Waals surface area contributed by atoms with Crippen LogP contribution in [0.1, 0.15) is 31.4 Å². The average molecular weight is 339 g/mol. The van der Waals surface area contributed by atoms with Crippen LogP contribution in [0.5, 0.6) is 0 Å². The van der Waals surface area contributed by atoms with E-state index in [1.165, 1.54) is 0 Å². The monoisotopic (exact) mass is 339 g/mol. The van der Waals surface area contributed by atoms with Gasteiger partial charge < -0.3 is 9.47 Å². The van der Waals surface area contributed by atoms with Crippen molar-refractivity contribution >= 4 is 11.7 Å². The minimum atomic E-state index is 0.0802. The summed E-state index contributed by atoms with van der Waals surface area (Å²) >= 11 is 0. The summed E-state index contributed by atoms with van der Waals surface area (Å²) in [5.41, 5.74) is 0. The molecule has 4 heterocycles. The normalized spacial score (nSPS) is 17.5.